The van der Waals surface area contributed by atoms with Crippen molar-refractivity contribution in [2.75, 3.05) is 17.2 Å². The summed E-state index contributed by atoms with van der Waals surface area (Å²) < 4.78 is 0.873. The summed E-state index contributed by atoms with van der Waals surface area (Å²) in [6, 6.07) is 9.65. The summed E-state index contributed by atoms with van der Waals surface area (Å²) in [6.07, 6.45) is 2.86. The van der Waals surface area contributed by atoms with Crippen molar-refractivity contribution in [2.24, 2.45) is 0 Å². The normalized spacial score (nSPS) is 10.3. The third-order valence-electron chi connectivity index (χ3n) is 2.52. The summed E-state index contributed by atoms with van der Waals surface area (Å²) in [5.41, 5.74) is 1.96. The lowest BCUT2D eigenvalue weighted by Crippen LogP contribution is -2.02. The predicted molar refractivity (Wildman–Crippen MR) is 85.5 cm³/mol. The lowest BCUT2D eigenvalue weighted by atomic mass is 10.3. The van der Waals surface area contributed by atoms with E-state index in [-0.39, 0.29) is 0 Å². The van der Waals surface area contributed by atoms with E-state index in [1.807, 2.05) is 30.3 Å². The third kappa shape index (κ3) is 4.11. The highest BCUT2D eigenvalue weighted by Gasteiger charge is 2.01. The van der Waals surface area contributed by atoms with E-state index in [4.69, 9.17) is 11.6 Å². The average Bonchev–Trinajstić information content (AvgIpc) is 2.41. The molecule has 1 aromatic heterocycles. The molecule has 100 valence electrons. The highest BCUT2D eigenvalue weighted by atomic mass is 79.9. The molecule has 0 spiro atoms. The molecule has 1 aromatic carbocycles. The Morgan fingerprint density at radius 2 is 2.00 bits per heavy atom. The lowest BCUT2D eigenvalue weighted by Gasteiger charge is -2.09. The van der Waals surface area contributed by atoms with Gasteiger partial charge in [-0.2, -0.15) is 0 Å². The molecule has 2 rings (SSSR count). The first-order valence-electron chi connectivity index (χ1n) is 6.11. The van der Waals surface area contributed by atoms with Crippen molar-refractivity contribution in [3.8, 4) is 0 Å². The molecule has 19 heavy (non-hydrogen) atoms. The van der Waals surface area contributed by atoms with Gasteiger partial charge in [-0.15, -0.1) is 0 Å². The van der Waals surface area contributed by atoms with E-state index in [0.29, 0.717) is 5.02 Å². The number of anilines is 3. The number of pyridine rings is 1. The summed E-state index contributed by atoms with van der Waals surface area (Å²) in [7, 11) is 0. The Morgan fingerprint density at radius 3 is 2.74 bits per heavy atom. The van der Waals surface area contributed by atoms with Crippen LogP contribution in [0.4, 0.5) is 17.2 Å². The molecule has 0 fully saturated rings. The van der Waals surface area contributed by atoms with Crippen LogP contribution in [0.1, 0.15) is 13.3 Å². The zero-order valence-electron chi connectivity index (χ0n) is 10.6. The van der Waals surface area contributed by atoms with E-state index < -0.39 is 0 Å². The first-order chi connectivity index (χ1) is 9.19. The maximum atomic E-state index is 5.97. The maximum absolute atomic E-state index is 5.97. The third-order valence-corrected chi connectivity index (χ3v) is 3.74. The number of nitrogens with one attached hydrogen (secondary N) is 2. The van der Waals surface area contributed by atoms with Crippen molar-refractivity contribution in [2.45, 2.75) is 13.3 Å². The second kappa shape index (κ2) is 6.78. The minimum Gasteiger partial charge on any atom is -0.370 e. The molecule has 0 bridgehead atoms. The zero-order chi connectivity index (χ0) is 13.7. The van der Waals surface area contributed by atoms with Crippen LogP contribution in [0.15, 0.2) is 41.0 Å². The van der Waals surface area contributed by atoms with Crippen LogP contribution in [-0.2, 0) is 0 Å². The van der Waals surface area contributed by atoms with Gasteiger partial charge in [0.25, 0.3) is 0 Å². The minimum absolute atomic E-state index is 0.700. The molecule has 2 aromatic rings. The van der Waals surface area contributed by atoms with Gasteiger partial charge < -0.3 is 10.6 Å². The molecule has 0 atom stereocenters. The van der Waals surface area contributed by atoms with Crippen molar-refractivity contribution in [1.82, 2.24) is 4.98 Å². The van der Waals surface area contributed by atoms with Crippen molar-refractivity contribution >= 4 is 44.7 Å². The van der Waals surface area contributed by atoms with Gasteiger partial charge in [0, 0.05) is 34.7 Å². The number of hydrogen-bond acceptors (Lipinski definition) is 3. The molecule has 0 aliphatic rings. The lowest BCUT2D eigenvalue weighted by molar-refractivity contribution is 0.969. The first kappa shape index (κ1) is 14.2. The Hall–Kier alpha value is -1.26. The predicted octanol–water partition coefficient (Wildman–Crippen LogP) is 5.06. The second-order valence-electron chi connectivity index (χ2n) is 4.11. The van der Waals surface area contributed by atoms with Crippen LogP contribution in [0.25, 0.3) is 0 Å². The molecule has 1 heterocycles. The average molecular weight is 341 g/mol. The number of aromatic nitrogens is 1. The zero-order valence-corrected chi connectivity index (χ0v) is 12.9. The maximum Gasteiger partial charge on any atom is 0.127 e. The number of hydrogen-bond donors (Lipinski definition) is 2. The van der Waals surface area contributed by atoms with E-state index in [1.165, 1.54) is 0 Å². The first-order valence-corrected chi connectivity index (χ1v) is 7.28. The van der Waals surface area contributed by atoms with Gasteiger partial charge in [0.2, 0.25) is 0 Å². The molecule has 0 saturated heterocycles. The van der Waals surface area contributed by atoms with Gasteiger partial charge in [0.05, 0.1) is 5.02 Å². The van der Waals surface area contributed by atoms with Crippen LogP contribution in [0, 0.1) is 0 Å². The van der Waals surface area contributed by atoms with E-state index in [2.05, 4.69) is 38.5 Å². The summed E-state index contributed by atoms with van der Waals surface area (Å²) >= 11 is 9.38. The monoisotopic (exact) mass is 339 g/mol. The van der Waals surface area contributed by atoms with E-state index >= 15 is 0 Å². The van der Waals surface area contributed by atoms with Crippen LogP contribution in [0.3, 0.4) is 0 Å². The van der Waals surface area contributed by atoms with Gasteiger partial charge in [-0.3, -0.25) is 0 Å². The largest absolute Gasteiger partial charge is 0.370 e. The van der Waals surface area contributed by atoms with Crippen LogP contribution < -0.4 is 10.6 Å². The van der Waals surface area contributed by atoms with Crippen LogP contribution in [0.5, 0.6) is 0 Å². The van der Waals surface area contributed by atoms with E-state index in [9.17, 15) is 0 Å². The second-order valence-corrected chi connectivity index (χ2v) is 5.37. The van der Waals surface area contributed by atoms with Gasteiger partial charge >= 0.3 is 0 Å². The molecule has 2 N–H and O–H groups in total. The summed E-state index contributed by atoms with van der Waals surface area (Å²) in [5, 5.41) is 7.28. The number of nitrogens with zero attached hydrogens (tertiary/aromatic N) is 1. The van der Waals surface area contributed by atoms with Gasteiger partial charge in [-0.25, -0.2) is 4.98 Å². The van der Waals surface area contributed by atoms with Crippen molar-refractivity contribution in [3.05, 3.63) is 46.0 Å². The van der Waals surface area contributed by atoms with Gasteiger partial charge in [-0.1, -0.05) is 18.5 Å². The Kier molecular flexibility index (Phi) is 5.05. The molecule has 0 saturated carbocycles. The van der Waals surface area contributed by atoms with Crippen molar-refractivity contribution in [3.63, 3.8) is 0 Å². The van der Waals surface area contributed by atoms with E-state index in [0.717, 1.165) is 34.6 Å². The van der Waals surface area contributed by atoms with Gasteiger partial charge in [0.15, 0.2) is 0 Å². The SMILES string of the molecule is CCCNc1cc(Nc2ccc(Cl)c(Br)c2)ccn1. The summed E-state index contributed by atoms with van der Waals surface area (Å²) in [6.45, 7) is 3.04. The molecule has 0 amide bonds. The Balaban J connectivity index is 2.11. The quantitative estimate of drug-likeness (QED) is 0.798. The molecular formula is C14H15BrClN3. The topological polar surface area (TPSA) is 37.0 Å². The van der Waals surface area contributed by atoms with Gasteiger partial charge in [-0.05, 0) is 46.6 Å². The molecule has 5 heteroatoms. The van der Waals surface area contributed by atoms with Crippen LogP contribution in [-0.4, -0.2) is 11.5 Å². The highest BCUT2D eigenvalue weighted by molar-refractivity contribution is 9.10. The molecule has 0 unspecified atom stereocenters. The summed E-state index contributed by atoms with van der Waals surface area (Å²) in [5.74, 6) is 0.875. The van der Waals surface area contributed by atoms with Crippen LogP contribution in [0.2, 0.25) is 5.02 Å². The molecule has 0 radical (unpaired) electrons. The molecular weight excluding hydrogens is 326 g/mol. The van der Waals surface area contributed by atoms with Crippen molar-refractivity contribution in [1.29, 1.82) is 0 Å². The Bertz CT molecular complexity index is 560. The van der Waals surface area contributed by atoms with Gasteiger partial charge in [0.1, 0.15) is 5.82 Å². The molecule has 0 aliphatic heterocycles. The molecule has 0 aliphatic carbocycles. The highest BCUT2D eigenvalue weighted by Crippen LogP contribution is 2.27. The smallest absolute Gasteiger partial charge is 0.127 e. The Morgan fingerprint density at radius 1 is 1.21 bits per heavy atom. The summed E-state index contributed by atoms with van der Waals surface area (Å²) in [4.78, 5) is 4.27. The fourth-order valence-corrected chi connectivity index (χ4v) is 2.09. The number of rotatable bonds is 5. The van der Waals surface area contributed by atoms with E-state index in [1.54, 1.807) is 6.20 Å². The fourth-order valence-electron chi connectivity index (χ4n) is 1.60. The van der Waals surface area contributed by atoms with Crippen LogP contribution >= 0.6 is 27.5 Å². The van der Waals surface area contributed by atoms with Crippen molar-refractivity contribution < 1.29 is 0 Å². The number of benzene rings is 1. The minimum atomic E-state index is 0.700. The Labute approximate surface area is 126 Å². The standard InChI is InChI=1S/C14H15BrClN3/c1-2-6-17-14-9-11(5-7-18-14)19-10-3-4-13(16)12(15)8-10/h3-5,7-9H,2,6H2,1H3,(H2,17,18,19). The fraction of sp³-hybridized carbons (Fsp3) is 0.214. The molecule has 3 nitrogen and oxygen atoms in total. The number of halogens is 2.